The maximum atomic E-state index is 11.9. The molecule has 0 aliphatic rings. The van der Waals surface area contributed by atoms with E-state index in [1.54, 1.807) is 33.8 Å². The number of hydrogen-bond acceptors (Lipinski definition) is 4. The lowest BCUT2D eigenvalue weighted by Crippen LogP contribution is -2.32. The van der Waals surface area contributed by atoms with Gasteiger partial charge in [-0.3, -0.25) is 0 Å². The van der Waals surface area contributed by atoms with E-state index in [0.717, 1.165) is 0 Å². The van der Waals surface area contributed by atoms with Crippen molar-refractivity contribution < 1.29 is 19.4 Å². The van der Waals surface area contributed by atoms with Crippen molar-refractivity contribution in [2.75, 3.05) is 0 Å². The summed E-state index contributed by atoms with van der Waals surface area (Å²) < 4.78 is 5.21. The molecule has 104 valence electrons. The molecule has 0 saturated carbocycles. The van der Waals surface area contributed by atoms with Crippen LogP contribution in [0.15, 0.2) is 18.2 Å². The fraction of sp³-hybridized carbons (Fsp3) is 0.429. The number of rotatable bonds is 3. The van der Waals surface area contributed by atoms with Gasteiger partial charge in [-0.05, 0) is 51.0 Å². The van der Waals surface area contributed by atoms with Crippen molar-refractivity contribution in [2.24, 2.45) is 5.73 Å². The standard InChI is InChI=1S/C14H19NO4/c1-8-7-9(12(16)17)5-6-10(8)11(15)13(18)19-14(2,3)4/h5-7,11H,15H2,1-4H3,(H,16,17). The number of benzene rings is 1. The molecule has 0 aliphatic carbocycles. The van der Waals surface area contributed by atoms with Crippen molar-refractivity contribution >= 4 is 11.9 Å². The van der Waals surface area contributed by atoms with E-state index in [1.165, 1.54) is 12.1 Å². The summed E-state index contributed by atoms with van der Waals surface area (Å²) >= 11 is 0. The van der Waals surface area contributed by atoms with Crippen LogP contribution < -0.4 is 5.73 Å². The minimum absolute atomic E-state index is 0.164. The number of ether oxygens (including phenoxy) is 1. The summed E-state index contributed by atoms with van der Waals surface area (Å²) in [5.74, 6) is -1.54. The zero-order valence-corrected chi connectivity index (χ0v) is 11.6. The molecule has 1 aromatic carbocycles. The first-order valence-electron chi connectivity index (χ1n) is 5.94. The Labute approximate surface area is 112 Å². The van der Waals surface area contributed by atoms with Gasteiger partial charge in [0.2, 0.25) is 0 Å². The maximum absolute atomic E-state index is 11.9. The molecule has 0 heterocycles. The van der Waals surface area contributed by atoms with E-state index in [4.69, 9.17) is 15.6 Å². The first-order valence-corrected chi connectivity index (χ1v) is 5.94. The monoisotopic (exact) mass is 265 g/mol. The Kier molecular flexibility index (Phi) is 4.32. The second kappa shape index (κ2) is 5.40. The van der Waals surface area contributed by atoms with Gasteiger partial charge < -0.3 is 15.6 Å². The number of esters is 1. The van der Waals surface area contributed by atoms with E-state index in [-0.39, 0.29) is 5.56 Å². The molecule has 1 rings (SSSR count). The largest absolute Gasteiger partial charge is 0.478 e. The SMILES string of the molecule is Cc1cc(C(=O)O)ccc1C(N)C(=O)OC(C)(C)C. The van der Waals surface area contributed by atoms with Crippen LogP contribution in [0.1, 0.15) is 48.3 Å². The number of aromatic carboxylic acids is 1. The Morgan fingerprint density at radius 1 is 1.32 bits per heavy atom. The van der Waals surface area contributed by atoms with Crippen LogP contribution in [0.5, 0.6) is 0 Å². The molecular weight excluding hydrogens is 246 g/mol. The molecule has 5 nitrogen and oxygen atoms in total. The highest BCUT2D eigenvalue weighted by atomic mass is 16.6. The van der Waals surface area contributed by atoms with Gasteiger partial charge in [-0.1, -0.05) is 6.07 Å². The molecule has 0 saturated heterocycles. The Hall–Kier alpha value is -1.88. The summed E-state index contributed by atoms with van der Waals surface area (Å²) in [6, 6.07) is 3.55. The highest BCUT2D eigenvalue weighted by Crippen LogP contribution is 2.21. The van der Waals surface area contributed by atoms with Gasteiger partial charge in [-0.25, -0.2) is 9.59 Å². The fourth-order valence-electron chi connectivity index (χ4n) is 1.65. The first kappa shape index (κ1) is 15.2. The Morgan fingerprint density at radius 2 is 1.89 bits per heavy atom. The maximum Gasteiger partial charge on any atom is 0.335 e. The predicted octanol–water partition coefficient (Wildman–Crippen LogP) is 2.03. The van der Waals surface area contributed by atoms with Crippen molar-refractivity contribution in [1.29, 1.82) is 0 Å². The molecule has 1 aromatic rings. The summed E-state index contributed by atoms with van der Waals surface area (Å²) in [7, 11) is 0. The van der Waals surface area contributed by atoms with Crippen LogP contribution in [-0.4, -0.2) is 22.6 Å². The minimum atomic E-state index is -1.01. The van der Waals surface area contributed by atoms with Crippen molar-refractivity contribution in [3.8, 4) is 0 Å². The average Bonchev–Trinajstić information content (AvgIpc) is 2.25. The normalized spacial score (nSPS) is 12.9. The van der Waals surface area contributed by atoms with E-state index in [2.05, 4.69) is 0 Å². The van der Waals surface area contributed by atoms with Gasteiger partial charge in [-0.15, -0.1) is 0 Å². The molecule has 0 amide bonds. The van der Waals surface area contributed by atoms with Crippen molar-refractivity contribution in [2.45, 2.75) is 39.3 Å². The Balaban J connectivity index is 2.97. The van der Waals surface area contributed by atoms with Gasteiger partial charge in [0.05, 0.1) is 5.56 Å². The molecule has 1 atom stereocenters. The number of aryl methyl sites for hydroxylation is 1. The van der Waals surface area contributed by atoms with Crippen LogP contribution in [0.25, 0.3) is 0 Å². The van der Waals surface area contributed by atoms with Gasteiger partial charge in [0.25, 0.3) is 0 Å². The lowest BCUT2D eigenvalue weighted by atomic mass is 9.99. The van der Waals surface area contributed by atoms with E-state index in [1.807, 2.05) is 0 Å². The number of hydrogen-bond donors (Lipinski definition) is 2. The summed E-state index contributed by atoms with van der Waals surface area (Å²) in [6.07, 6.45) is 0. The Bertz CT molecular complexity index is 503. The van der Waals surface area contributed by atoms with Gasteiger partial charge >= 0.3 is 11.9 Å². The molecular formula is C14H19NO4. The average molecular weight is 265 g/mol. The summed E-state index contributed by atoms with van der Waals surface area (Å²) in [6.45, 7) is 7.00. The molecule has 1 unspecified atom stereocenters. The third-order valence-corrected chi connectivity index (χ3v) is 2.51. The van der Waals surface area contributed by atoms with Crippen LogP contribution >= 0.6 is 0 Å². The second-order valence-corrected chi connectivity index (χ2v) is 5.39. The summed E-state index contributed by atoms with van der Waals surface area (Å²) in [5.41, 5.74) is 6.63. The van der Waals surface area contributed by atoms with E-state index >= 15 is 0 Å². The minimum Gasteiger partial charge on any atom is -0.478 e. The van der Waals surface area contributed by atoms with Crippen LogP contribution in [0, 0.1) is 6.92 Å². The smallest absolute Gasteiger partial charge is 0.335 e. The summed E-state index contributed by atoms with van der Waals surface area (Å²) in [4.78, 5) is 22.7. The van der Waals surface area contributed by atoms with Crippen molar-refractivity contribution in [1.82, 2.24) is 0 Å². The number of nitrogens with two attached hydrogens (primary N) is 1. The van der Waals surface area contributed by atoms with Gasteiger partial charge in [0.1, 0.15) is 11.6 Å². The molecule has 19 heavy (non-hydrogen) atoms. The third kappa shape index (κ3) is 4.06. The van der Waals surface area contributed by atoms with Crippen molar-refractivity contribution in [3.63, 3.8) is 0 Å². The molecule has 5 heteroatoms. The van der Waals surface area contributed by atoms with Crippen LogP contribution in [0.4, 0.5) is 0 Å². The van der Waals surface area contributed by atoms with Gasteiger partial charge in [0, 0.05) is 0 Å². The lowest BCUT2D eigenvalue weighted by molar-refractivity contribution is -0.156. The topological polar surface area (TPSA) is 89.6 Å². The van der Waals surface area contributed by atoms with Crippen LogP contribution in [0.3, 0.4) is 0 Å². The molecule has 0 fully saturated rings. The molecule has 3 N–H and O–H groups in total. The highest BCUT2D eigenvalue weighted by molar-refractivity contribution is 5.88. The van der Waals surface area contributed by atoms with Gasteiger partial charge in [0.15, 0.2) is 0 Å². The van der Waals surface area contributed by atoms with E-state index in [9.17, 15) is 9.59 Å². The number of carboxylic acids is 1. The van der Waals surface area contributed by atoms with Gasteiger partial charge in [-0.2, -0.15) is 0 Å². The molecule has 0 spiro atoms. The first-order chi connectivity index (χ1) is 8.61. The Morgan fingerprint density at radius 3 is 2.32 bits per heavy atom. The fourth-order valence-corrected chi connectivity index (χ4v) is 1.65. The van der Waals surface area contributed by atoms with E-state index in [0.29, 0.717) is 11.1 Å². The summed E-state index contributed by atoms with van der Waals surface area (Å²) in [5, 5.41) is 8.88. The third-order valence-electron chi connectivity index (χ3n) is 2.51. The highest BCUT2D eigenvalue weighted by Gasteiger charge is 2.24. The number of carbonyl (C=O) groups excluding carboxylic acids is 1. The quantitative estimate of drug-likeness (QED) is 0.816. The lowest BCUT2D eigenvalue weighted by Gasteiger charge is -2.23. The zero-order valence-electron chi connectivity index (χ0n) is 11.6. The number of carboxylic acid groups (broad SMARTS) is 1. The predicted molar refractivity (Wildman–Crippen MR) is 70.9 cm³/mol. The molecule has 0 aliphatic heterocycles. The van der Waals surface area contributed by atoms with Crippen molar-refractivity contribution in [3.05, 3.63) is 34.9 Å². The molecule has 0 bridgehead atoms. The van der Waals surface area contributed by atoms with Crippen LogP contribution in [-0.2, 0) is 9.53 Å². The zero-order chi connectivity index (χ0) is 14.8. The number of carbonyl (C=O) groups is 2. The van der Waals surface area contributed by atoms with Crippen LogP contribution in [0.2, 0.25) is 0 Å². The van der Waals surface area contributed by atoms with E-state index < -0.39 is 23.6 Å². The molecule has 0 aromatic heterocycles. The molecule has 0 radical (unpaired) electrons. The second-order valence-electron chi connectivity index (χ2n) is 5.39.